The molecule has 0 atom stereocenters. The van der Waals surface area contributed by atoms with Crippen molar-refractivity contribution >= 4 is 29.0 Å². The van der Waals surface area contributed by atoms with Gasteiger partial charge in [0.2, 0.25) is 5.91 Å². The number of carbonyl (C=O) groups excluding carboxylic acids is 1. The summed E-state index contributed by atoms with van der Waals surface area (Å²) in [5.74, 6) is -0.243. The summed E-state index contributed by atoms with van der Waals surface area (Å²) in [5, 5.41) is 13.4. The molecule has 0 saturated carbocycles. The fourth-order valence-electron chi connectivity index (χ4n) is 2.79. The van der Waals surface area contributed by atoms with Crippen molar-refractivity contribution in [3.63, 3.8) is 0 Å². The zero-order valence-corrected chi connectivity index (χ0v) is 13.7. The van der Waals surface area contributed by atoms with Crippen LogP contribution in [0, 0.1) is 10.1 Å². The van der Waals surface area contributed by atoms with Crippen LogP contribution in [0.15, 0.2) is 54.6 Å². The first kappa shape index (κ1) is 16.7. The highest BCUT2D eigenvalue weighted by molar-refractivity contribution is 6.02. The number of non-ortho nitro benzene ring substituents is 1. The van der Waals surface area contributed by atoms with Crippen LogP contribution in [0.5, 0.6) is 0 Å². The number of hydrogen-bond donors (Lipinski definition) is 1. The number of benzene rings is 2. The first-order valence-electron chi connectivity index (χ1n) is 8.20. The van der Waals surface area contributed by atoms with E-state index in [0.29, 0.717) is 0 Å². The van der Waals surface area contributed by atoms with Crippen molar-refractivity contribution in [2.75, 3.05) is 23.3 Å². The maximum absolute atomic E-state index is 12.0. The zero-order valence-electron chi connectivity index (χ0n) is 13.7. The van der Waals surface area contributed by atoms with E-state index in [1.54, 1.807) is 18.2 Å². The Morgan fingerprint density at radius 3 is 2.28 bits per heavy atom. The summed E-state index contributed by atoms with van der Waals surface area (Å²) in [7, 11) is 0. The average Bonchev–Trinajstić information content (AvgIpc) is 3.15. The Labute approximate surface area is 145 Å². The lowest BCUT2D eigenvalue weighted by Gasteiger charge is -2.17. The Kier molecular flexibility index (Phi) is 5.09. The fourth-order valence-corrected chi connectivity index (χ4v) is 2.79. The van der Waals surface area contributed by atoms with E-state index in [0.717, 1.165) is 24.3 Å². The molecule has 1 heterocycles. The Morgan fingerprint density at radius 2 is 1.68 bits per heavy atom. The van der Waals surface area contributed by atoms with Gasteiger partial charge in [0.05, 0.1) is 4.92 Å². The number of nitro benzene ring substituents is 1. The first-order chi connectivity index (χ1) is 12.1. The van der Waals surface area contributed by atoms with Gasteiger partial charge in [-0.05, 0) is 60.9 Å². The predicted molar refractivity (Wildman–Crippen MR) is 98.6 cm³/mol. The van der Waals surface area contributed by atoms with E-state index in [2.05, 4.69) is 10.2 Å². The summed E-state index contributed by atoms with van der Waals surface area (Å²) in [6.45, 7) is 2.17. The molecule has 1 fully saturated rings. The first-order valence-corrected chi connectivity index (χ1v) is 8.20. The number of carbonyl (C=O) groups is 1. The second-order valence-electron chi connectivity index (χ2n) is 5.91. The Balaban J connectivity index is 1.57. The van der Waals surface area contributed by atoms with Crippen molar-refractivity contribution in [1.82, 2.24) is 0 Å². The molecule has 0 radical (unpaired) electrons. The van der Waals surface area contributed by atoms with Gasteiger partial charge >= 0.3 is 0 Å². The van der Waals surface area contributed by atoms with E-state index in [9.17, 15) is 14.9 Å². The molecule has 1 aliphatic rings. The molecule has 6 nitrogen and oxygen atoms in total. The molecule has 1 amide bonds. The van der Waals surface area contributed by atoms with Gasteiger partial charge in [-0.2, -0.15) is 0 Å². The highest BCUT2D eigenvalue weighted by Gasteiger charge is 2.11. The average molecular weight is 337 g/mol. The largest absolute Gasteiger partial charge is 0.372 e. The van der Waals surface area contributed by atoms with Gasteiger partial charge in [0.15, 0.2) is 0 Å². The Hall–Kier alpha value is -3.15. The molecule has 3 rings (SSSR count). The van der Waals surface area contributed by atoms with Crippen molar-refractivity contribution in [3.05, 3.63) is 70.3 Å². The monoisotopic (exact) mass is 337 g/mol. The van der Waals surface area contributed by atoms with E-state index in [1.165, 1.54) is 36.7 Å². The molecule has 0 unspecified atom stereocenters. The number of amides is 1. The SMILES string of the molecule is O=C(/C=C/c1ccc([N+](=O)[O-])cc1)Nc1ccc(N2CCCC2)cc1. The van der Waals surface area contributed by atoms with Crippen molar-refractivity contribution in [3.8, 4) is 0 Å². The van der Waals surface area contributed by atoms with E-state index in [4.69, 9.17) is 0 Å². The Bertz CT molecular complexity index is 777. The summed E-state index contributed by atoms with van der Waals surface area (Å²) < 4.78 is 0. The summed E-state index contributed by atoms with van der Waals surface area (Å²) in [5.41, 5.74) is 2.67. The third-order valence-corrected chi connectivity index (χ3v) is 4.14. The summed E-state index contributed by atoms with van der Waals surface area (Å²) in [4.78, 5) is 24.5. The summed E-state index contributed by atoms with van der Waals surface area (Å²) in [6, 6.07) is 13.8. The van der Waals surface area contributed by atoms with Crippen molar-refractivity contribution in [2.24, 2.45) is 0 Å². The third kappa shape index (κ3) is 4.44. The number of nitrogens with zero attached hydrogens (tertiary/aromatic N) is 2. The molecule has 1 N–H and O–H groups in total. The molecule has 1 aliphatic heterocycles. The highest BCUT2D eigenvalue weighted by Crippen LogP contribution is 2.22. The maximum atomic E-state index is 12.0. The van der Waals surface area contributed by atoms with Crippen LogP contribution in [0.4, 0.5) is 17.1 Å². The van der Waals surface area contributed by atoms with Gasteiger partial charge < -0.3 is 10.2 Å². The van der Waals surface area contributed by atoms with Crippen molar-refractivity contribution in [2.45, 2.75) is 12.8 Å². The molecule has 6 heteroatoms. The number of rotatable bonds is 5. The van der Waals surface area contributed by atoms with E-state index >= 15 is 0 Å². The molecule has 0 aliphatic carbocycles. The van der Waals surface area contributed by atoms with Crippen LogP contribution in [0.25, 0.3) is 6.08 Å². The van der Waals surface area contributed by atoms with Gasteiger partial charge in [-0.15, -0.1) is 0 Å². The molecule has 2 aromatic rings. The lowest BCUT2D eigenvalue weighted by atomic mass is 10.2. The minimum atomic E-state index is -0.452. The molecular weight excluding hydrogens is 318 g/mol. The van der Waals surface area contributed by atoms with Gasteiger partial charge in [-0.1, -0.05) is 0 Å². The van der Waals surface area contributed by atoms with Gasteiger partial charge in [-0.3, -0.25) is 14.9 Å². The zero-order chi connectivity index (χ0) is 17.6. The van der Waals surface area contributed by atoms with Gasteiger partial charge in [-0.25, -0.2) is 0 Å². The van der Waals surface area contributed by atoms with Gasteiger partial charge in [0, 0.05) is 42.7 Å². The third-order valence-electron chi connectivity index (χ3n) is 4.14. The normalized spacial score (nSPS) is 14.0. The number of nitro groups is 1. The van der Waals surface area contributed by atoms with Crippen LogP contribution in [-0.2, 0) is 4.79 Å². The van der Waals surface area contributed by atoms with Crippen LogP contribution in [0.3, 0.4) is 0 Å². The number of anilines is 2. The van der Waals surface area contributed by atoms with Crippen LogP contribution in [0.1, 0.15) is 18.4 Å². The standard InChI is InChI=1S/C19H19N3O3/c23-19(12-5-15-3-8-18(9-4-15)22(24)25)20-16-6-10-17(11-7-16)21-13-1-2-14-21/h3-12H,1-2,13-14H2,(H,20,23)/b12-5+. The van der Waals surface area contributed by atoms with Gasteiger partial charge in [0.1, 0.15) is 0 Å². The Morgan fingerprint density at radius 1 is 1.04 bits per heavy atom. The van der Waals surface area contributed by atoms with Crippen LogP contribution in [-0.4, -0.2) is 23.9 Å². The van der Waals surface area contributed by atoms with Crippen molar-refractivity contribution < 1.29 is 9.72 Å². The topological polar surface area (TPSA) is 75.5 Å². The molecule has 128 valence electrons. The van der Waals surface area contributed by atoms with Crippen LogP contribution in [0.2, 0.25) is 0 Å². The lowest BCUT2D eigenvalue weighted by molar-refractivity contribution is -0.384. The molecule has 25 heavy (non-hydrogen) atoms. The lowest BCUT2D eigenvalue weighted by Crippen LogP contribution is -2.17. The van der Waals surface area contributed by atoms with Crippen molar-refractivity contribution in [1.29, 1.82) is 0 Å². The number of hydrogen-bond acceptors (Lipinski definition) is 4. The highest BCUT2D eigenvalue weighted by atomic mass is 16.6. The second-order valence-corrected chi connectivity index (χ2v) is 5.91. The fraction of sp³-hybridized carbons (Fsp3) is 0.211. The molecule has 0 bridgehead atoms. The molecule has 1 saturated heterocycles. The smallest absolute Gasteiger partial charge is 0.269 e. The van der Waals surface area contributed by atoms with E-state index in [-0.39, 0.29) is 11.6 Å². The number of nitrogens with one attached hydrogen (secondary N) is 1. The summed E-state index contributed by atoms with van der Waals surface area (Å²) >= 11 is 0. The molecular formula is C19H19N3O3. The van der Waals surface area contributed by atoms with Crippen LogP contribution < -0.4 is 10.2 Å². The quantitative estimate of drug-likeness (QED) is 0.511. The molecule has 2 aromatic carbocycles. The van der Waals surface area contributed by atoms with E-state index < -0.39 is 4.92 Å². The molecule has 0 spiro atoms. The van der Waals surface area contributed by atoms with Gasteiger partial charge in [0.25, 0.3) is 5.69 Å². The predicted octanol–water partition coefficient (Wildman–Crippen LogP) is 3.85. The maximum Gasteiger partial charge on any atom is 0.269 e. The van der Waals surface area contributed by atoms with E-state index in [1.807, 2.05) is 24.3 Å². The molecule has 0 aromatic heterocycles. The minimum absolute atomic E-state index is 0.0275. The minimum Gasteiger partial charge on any atom is -0.372 e. The second kappa shape index (κ2) is 7.61. The van der Waals surface area contributed by atoms with Crippen LogP contribution >= 0.6 is 0 Å². The summed E-state index contributed by atoms with van der Waals surface area (Å²) in [6.07, 6.45) is 5.49.